The summed E-state index contributed by atoms with van der Waals surface area (Å²) in [7, 11) is 0. The van der Waals surface area contributed by atoms with Gasteiger partial charge in [0.15, 0.2) is 0 Å². The van der Waals surface area contributed by atoms with E-state index in [-0.39, 0.29) is 23.6 Å². The molecule has 0 amide bonds. The minimum Gasteiger partial charge on any atom is -0.466 e. The standard InChI is InChI=1S/C12H12BrFO2/c1-2-16-12(15)9-6-8(9)7-3-4-10(13)11(14)5-7/h3-5,8-9H,2,6H2,1H3/t8-,9+/m0/s1. The first-order chi connectivity index (χ1) is 7.63. The molecule has 1 aromatic carbocycles. The minimum atomic E-state index is -0.285. The summed E-state index contributed by atoms with van der Waals surface area (Å²) in [6.45, 7) is 2.19. The van der Waals surface area contributed by atoms with Crippen LogP contribution in [0.4, 0.5) is 4.39 Å². The molecule has 2 atom stereocenters. The van der Waals surface area contributed by atoms with Gasteiger partial charge in [-0.1, -0.05) is 6.07 Å². The van der Waals surface area contributed by atoms with Gasteiger partial charge in [-0.25, -0.2) is 4.39 Å². The number of rotatable bonds is 3. The van der Waals surface area contributed by atoms with Crippen molar-refractivity contribution in [1.29, 1.82) is 0 Å². The van der Waals surface area contributed by atoms with Crippen LogP contribution in [0.1, 0.15) is 24.8 Å². The molecule has 0 aromatic heterocycles. The van der Waals surface area contributed by atoms with Crippen LogP contribution < -0.4 is 0 Å². The molecule has 2 nitrogen and oxygen atoms in total. The van der Waals surface area contributed by atoms with E-state index in [0.29, 0.717) is 11.1 Å². The first kappa shape index (κ1) is 11.6. The maximum Gasteiger partial charge on any atom is 0.309 e. The zero-order chi connectivity index (χ0) is 11.7. The highest BCUT2D eigenvalue weighted by Gasteiger charge is 2.45. The summed E-state index contributed by atoms with van der Waals surface area (Å²) in [6, 6.07) is 5.00. The fraction of sp³-hybridized carbons (Fsp3) is 0.417. The van der Waals surface area contributed by atoms with Crippen LogP contribution >= 0.6 is 15.9 Å². The van der Waals surface area contributed by atoms with E-state index in [1.165, 1.54) is 6.07 Å². The summed E-state index contributed by atoms with van der Waals surface area (Å²) in [5.74, 6) is -0.412. The van der Waals surface area contributed by atoms with Crippen LogP contribution in [0.2, 0.25) is 0 Å². The average Bonchev–Trinajstić information content (AvgIpc) is 3.02. The maximum absolute atomic E-state index is 13.3. The van der Waals surface area contributed by atoms with Crippen molar-refractivity contribution in [2.45, 2.75) is 19.3 Å². The zero-order valence-electron chi connectivity index (χ0n) is 8.87. The molecule has 1 aromatic rings. The summed E-state index contributed by atoms with van der Waals surface area (Å²) < 4.78 is 18.7. The van der Waals surface area contributed by atoms with E-state index in [0.717, 1.165) is 12.0 Å². The molecule has 2 rings (SSSR count). The zero-order valence-corrected chi connectivity index (χ0v) is 10.5. The third kappa shape index (κ3) is 2.26. The second-order valence-electron chi connectivity index (χ2n) is 3.87. The summed E-state index contributed by atoms with van der Waals surface area (Å²) in [5, 5.41) is 0. The lowest BCUT2D eigenvalue weighted by molar-refractivity contribution is -0.144. The van der Waals surface area contributed by atoms with Gasteiger partial charge in [0.1, 0.15) is 5.82 Å². The number of esters is 1. The molecule has 0 saturated heterocycles. The number of carbonyl (C=O) groups is 1. The lowest BCUT2D eigenvalue weighted by Gasteiger charge is -2.02. The van der Waals surface area contributed by atoms with Crippen LogP contribution in [0.5, 0.6) is 0 Å². The normalized spacial score (nSPS) is 22.9. The number of hydrogen-bond acceptors (Lipinski definition) is 2. The smallest absolute Gasteiger partial charge is 0.309 e. The van der Waals surface area contributed by atoms with Crippen molar-refractivity contribution in [3.05, 3.63) is 34.1 Å². The molecule has 86 valence electrons. The lowest BCUT2D eigenvalue weighted by atomic mass is 10.1. The van der Waals surface area contributed by atoms with Gasteiger partial charge < -0.3 is 4.74 Å². The Morgan fingerprint density at radius 1 is 1.62 bits per heavy atom. The van der Waals surface area contributed by atoms with Gasteiger partial charge in [0.2, 0.25) is 0 Å². The Morgan fingerprint density at radius 3 is 3.00 bits per heavy atom. The molecule has 4 heteroatoms. The predicted molar refractivity (Wildman–Crippen MR) is 61.6 cm³/mol. The number of halogens is 2. The first-order valence-corrected chi connectivity index (χ1v) is 6.04. The first-order valence-electron chi connectivity index (χ1n) is 5.25. The SMILES string of the molecule is CCOC(=O)[C@@H]1C[C@H]1c1ccc(Br)c(F)c1. The van der Waals surface area contributed by atoms with E-state index in [2.05, 4.69) is 15.9 Å². The van der Waals surface area contributed by atoms with E-state index in [1.54, 1.807) is 13.0 Å². The van der Waals surface area contributed by atoms with Gasteiger partial charge in [-0.15, -0.1) is 0 Å². The average molecular weight is 287 g/mol. The molecule has 0 aliphatic heterocycles. The van der Waals surface area contributed by atoms with Gasteiger partial charge in [-0.2, -0.15) is 0 Å². The molecule has 0 heterocycles. The fourth-order valence-electron chi connectivity index (χ4n) is 1.82. The Hall–Kier alpha value is -0.900. The molecule has 1 aliphatic rings. The van der Waals surface area contributed by atoms with E-state index < -0.39 is 0 Å². The predicted octanol–water partition coefficient (Wildman–Crippen LogP) is 3.25. The molecular formula is C12H12BrFO2. The molecule has 1 fully saturated rings. The van der Waals surface area contributed by atoms with Crippen LogP contribution in [0, 0.1) is 11.7 Å². The summed E-state index contributed by atoms with van der Waals surface area (Å²) in [4.78, 5) is 11.4. The van der Waals surface area contributed by atoms with E-state index in [9.17, 15) is 9.18 Å². The summed E-state index contributed by atoms with van der Waals surface area (Å²) >= 11 is 3.10. The van der Waals surface area contributed by atoms with Crippen molar-refractivity contribution >= 4 is 21.9 Å². The molecule has 1 aliphatic carbocycles. The highest BCUT2D eigenvalue weighted by molar-refractivity contribution is 9.10. The summed E-state index contributed by atoms with van der Waals surface area (Å²) in [5.41, 5.74) is 0.874. The highest BCUT2D eigenvalue weighted by Crippen LogP contribution is 2.48. The number of carbonyl (C=O) groups excluding carboxylic acids is 1. The van der Waals surface area contributed by atoms with Crippen LogP contribution in [-0.2, 0) is 9.53 Å². The van der Waals surface area contributed by atoms with Gasteiger partial charge in [0.25, 0.3) is 0 Å². The van der Waals surface area contributed by atoms with E-state index >= 15 is 0 Å². The van der Waals surface area contributed by atoms with Gasteiger partial charge in [0, 0.05) is 0 Å². The van der Waals surface area contributed by atoms with Crippen LogP contribution in [0.15, 0.2) is 22.7 Å². The van der Waals surface area contributed by atoms with Gasteiger partial charge in [0.05, 0.1) is 17.0 Å². The molecule has 1 saturated carbocycles. The third-order valence-electron chi connectivity index (χ3n) is 2.75. The molecular weight excluding hydrogens is 275 g/mol. The second kappa shape index (κ2) is 4.53. The Morgan fingerprint density at radius 2 is 2.38 bits per heavy atom. The van der Waals surface area contributed by atoms with Crippen molar-refractivity contribution in [3.8, 4) is 0 Å². The van der Waals surface area contributed by atoms with Crippen LogP contribution in [-0.4, -0.2) is 12.6 Å². The van der Waals surface area contributed by atoms with E-state index in [1.807, 2.05) is 6.07 Å². The Kier molecular flexibility index (Phi) is 3.28. The topological polar surface area (TPSA) is 26.3 Å². The van der Waals surface area contributed by atoms with Gasteiger partial charge >= 0.3 is 5.97 Å². The quantitative estimate of drug-likeness (QED) is 0.798. The Bertz CT molecular complexity index is 419. The monoisotopic (exact) mass is 286 g/mol. The minimum absolute atomic E-state index is 0.0828. The number of hydrogen-bond donors (Lipinski definition) is 0. The molecule has 16 heavy (non-hydrogen) atoms. The molecule has 0 spiro atoms. The molecule has 0 bridgehead atoms. The lowest BCUT2D eigenvalue weighted by Crippen LogP contribution is -2.07. The third-order valence-corrected chi connectivity index (χ3v) is 3.39. The molecule has 0 unspecified atom stereocenters. The van der Waals surface area contributed by atoms with Crippen molar-refractivity contribution in [3.63, 3.8) is 0 Å². The Balaban J connectivity index is 2.06. The number of benzene rings is 1. The van der Waals surface area contributed by atoms with Crippen LogP contribution in [0.3, 0.4) is 0 Å². The molecule has 0 radical (unpaired) electrons. The van der Waals surface area contributed by atoms with Crippen molar-refractivity contribution in [2.75, 3.05) is 6.61 Å². The Labute approximate surface area is 102 Å². The summed E-state index contributed by atoms with van der Waals surface area (Å²) in [6.07, 6.45) is 0.764. The highest BCUT2D eigenvalue weighted by atomic mass is 79.9. The van der Waals surface area contributed by atoms with Crippen molar-refractivity contribution in [2.24, 2.45) is 5.92 Å². The second-order valence-corrected chi connectivity index (χ2v) is 4.73. The van der Waals surface area contributed by atoms with E-state index in [4.69, 9.17) is 4.74 Å². The largest absolute Gasteiger partial charge is 0.466 e. The maximum atomic E-state index is 13.3. The van der Waals surface area contributed by atoms with Crippen molar-refractivity contribution in [1.82, 2.24) is 0 Å². The van der Waals surface area contributed by atoms with Gasteiger partial charge in [-0.05, 0) is 52.9 Å². The van der Waals surface area contributed by atoms with Crippen LogP contribution in [0.25, 0.3) is 0 Å². The van der Waals surface area contributed by atoms with Crippen molar-refractivity contribution < 1.29 is 13.9 Å². The van der Waals surface area contributed by atoms with Gasteiger partial charge in [-0.3, -0.25) is 4.79 Å². The number of ether oxygens (including phenoxy) is 1. The fourth-order valence-corrected chi connectivity index (χ4v) is 2.06. The molecule has 0 N–H and O–H groups in total.